The summed E-state index contributed by atoms with van der Waals surface area (Å²) in [5.41, 5.74) is 13.3. The molecule has 2 aromatic heterocycles. The van der Waals surface area contributed by atoms with Gasteiger partial charge in [-0.25, -0.2) is 4.68 Å². The Morgan fingerprint density at radius 1 is 1.27 bits per heavy atom. The van der Waals surface area contributed by atoms with Crippen molar-refractivity contribution in [1.82, 2.24) is 14.8 Å². The molecule has 3 aromatic rings. The van der Waals surface area contributed by atoms with Gasteiger partial charge in [-0.15, -0.1) is 0 Å². The fraction of sp³-hybridized carbons (Fsp3) is 0.105. The highest BCUT2D eigenvalue weighted by atomic mass is 35.5. The second-order valence-electron chi connectivity index (χ2n) is 6.02. The van der Waals surface area contributed by atoms with Crippen LogP contribution in [0, 0.1) is 6.92 Å². The van der Waals surface area contributed by atoms with Crippen LogP contribution in [0.4, 0.5) is 0 Å². The fourth-order valence-electron chi connectivity index (χ4n) is 3.09. The van der Waals surface area contributed by atoms with Gasteiger partial charge < -0.3 is 5.53 Å². The number of nitrogens with zero attached hydrogens (tertiary/aromatic N) is 4. The molecular weight excluding hydrogens is 350 g/mol. The Hall–Kier alpha value is -3.21. The first-order valence-corrected chi connectivity index (χ1v) is 8.42. The molecule has 1 N–H and O–H groups in total. The number of halogens is 1. The number of aryl methyl sites for hydroxylation is 1. The number of aromatic amines is 1. The second-order valence-corrected chi connectivity index (χ2v) is 6.46. The SMILES string of the molecule is Cc1ncc2c(=O)n(-c3ccc(Cl)cc3)[nH]c2c1C1=CCC(=[N+]=[N-])C=C1. The highest BCUT2D eigenvalue weighted by Crippen LogP contribution is 2.28. The Bertz CT molecular complexity index is 1190. The highest BCUT2D eigenvalue weighted by molar-refractivity contribution is 6.30. The summed E-state index contributed by atoms with van der Waals surface area (Å²) in [4.78, 5) is 20.4. The first-order chi connectivity index (χ1) is 12.6. The fourth-order valence-corrected chi connectivity index (χ4v) is 3.21. The smallest absolute Gasteiger partial charge is 0.295 e. The third-order valence-corrected chi connectivity index (χ3v) is 4.67. The van der Waals surface area contributed by atoms with Crippen LogP contribution < -0.4 is 5.56 Å². The van der Waals surface area contributed by atoms with Crippen molar-refractivity contribution in [3.63, 3.8) is 0 Å². The topological polar surface area (TPSA) is 87.1 Å². The maximum absolute atomic E-state index is 12.8. The number of hydrogen-bond acceptors (Lipinski definition) is 2. The van der Waals surface area contributed by atoms with Gasteiger partial charge in [-0.1, -0.05) is 17.7 Å². The lowest BCUT2D eigenvalue weighted by Crippen LogP contribution is -2.14. The molecule has 0 spiro atoms. The van der Waals surface area contributed by atoms with E-state index in [0.29, 0.717) is 28.2 Å². The number of fused-ring (bicyclic) bond motifs is 1. The van der Waals surface area contributed by atoms with E-state index >= 15 is 0 Å². The van der Waals surface area contributed by atoms with E-state index in [-0.39, 0.29) is 5.56 Å². The first kappa shape index (κ1) is 16.3. The molecule has 6 nitrogen and oxygen atoms in total. The van der Waals surface area contributed by atoms with Crippen LogP contribution in [0.3, 0.4) is 0 Å². The number of allylic oxidation sites excluding steroid dienone is 4. The predicted molar refractivity (Wildman–Crippen MR) is 102 cm³/mol. The zero-order chi connectivity index (χ0) is 18.3. The van der Waals surface area contributed by atoms with Crippen LogP contribution in [0.25, 0.3) is 27.7 Å². The average Bonchev–Trinajstić information content (AvgIpc) is 2.99. The van der Waals surface area contributed by atoms with E-state index in [2.05, 4.69) is 14.9 Å². The van der Waals surface area contributed by atoms with E-state index in [0.717, 1.165) is 22.3 Å². The summed E-state index contributed by atoms with van der Waals surface area (Å²) in [5.74, 6) is 0. The van der Waals surface area contributed by atoms with Gasteiger partial charge in [0, 0.05) is 28.6 Å². The molecular formula is C19H14ClN5O. The summed E-state index contributed by atoms with van der Waals surface area (Å²) in [5, 5.41) is 4.32. The summed E-state index contributed by atoms with van der Waals surface area (Å²) in [6.07, 6.45) is 7.67. The van der Waals surface area contributed by atoms with Gasteiger partial charge in [0.15, 0.2) is 0 Å². The molecule has 1 aliphatic carbocycles. The number of nitrogens with one attached hydrogen (secondary N) is 1. The molecule has 2 heterocycles. The lowest BCUT2D eigenvalue weighted by atomic mass is 9.96. The van der Waals surface area contributed by atoms with Crippen LogP contribution in [-0.4, -0.2) is 25.3 Å². The minimum Gasteiger partial charge on any atom is -0.361 e. The standard InChI is InChI=1S/C19H14ClN5O/c1-11-17(12-2-6-14(23-21)7-3-12)18-16(10-22-11)19(26)25(24-18)15-8-4-13(20)5-9-15/h2-6,8-10,24H,7H2,1H3. The molecule has 128 valence electrons. The maximum Gasteiger partial charge on any atom is 0.295 e. The Morgan fingerprint density at radius 3 is 2.69 bits per heavy atom. The van der Waals surface area contributed by atoms with Gasteiger partial charge in [0.05, 0.1) is 23.0 Å². The zero-order valence-electron chi connectivity index (χ0n) is 13.9. The molecule has 0 saturated carbocycles. The van der Waals surface area contributed by atoms with Crippen molar-refractivity contribution in [2.75, 3.05) is 0 Å². The van der Waals surface area contributed by atoms with E-state index in [1.807, 2.05) is 19.1 Å². The van der Waals surface area contributed by atoms with Crippen molar-refractivity contribution in [2.24, 2.45) is 0 Å². The molecule has 7 heteroatoms. The molecule has 4 rings (SSSR count). The van der Waals surface area contributed by atoms with Gasteiger partial charge in [-0.3, -0.25) is 14.9 Å². The third kappa shape index (κ3) is 2.62. The summed E-state index contributed by atoms with van der Waals surface area (Å²) >= 11 is 5.94. The minimum atomic E-state index is -0.172. The predicted octanol–water partition coefficient (Wildman–Crippen LogP) is 3.69. The highest BCUT2D eigenvalue weighted by Gasteiger charge is 2.18. The van der Waals surface area contributed by atoms with E-state index in [1.165, 1.54) is 4.68 Å². The number of H-pyrrole nitrogens is 1. The molecule has 0 aliphatic heterocycles. The van der Waals surface area contributed by atoms with Crippen molar-refractivity contribution >= 4 is 33.8 Å². The molecule has 0 atom stereocenters. The van der Waals surface area contributed by atoms with Crippen LogP contribution in [0.1, 0.15) is 17.7 Å². The quantitative estimate of drug-likeness (QED) is 0.556. The molecule has 1 aromatic carbocycles. The molecule has 0 radical (unpaired) electrons. The van der Waals surface area contributed by atoms with Crippen molar-refractivity contribution in [1.29, 1.82) is 0 Å². The Balaban J connectivity index is 1.94. The monoisotopic (exact) mass is 363 g/mol. The van der Waals surface area contributed by atoms with E-state index in [1.54, 1.807) is 36.5 Å². The number of aromatic nitrogens is 3. The first-order valence-electron chi connectivity index (χ1n) is 8.04. The number of hydrogen-bond donors (Lipinski definition) is 1. The van der Waals surface area contributed by atoms with E-state index in [9.17, 15) is 4.79 Å². The normalized spacial score (nSPS) is 13.8. The third-order valence-electron chi connectivity index (χ3n) is 4.41. The molecule has 0 fully saturated rings. The summed E-state index contributed by atoms with van der Waals surface area (Å²) in [6, 6.07) is 7.04. The van der Waals surface area contributed by atoms with Crippen molar-refractivity contribution in [3.05, 3.63) is 80.9 Å². The maximum atomic E-state index is 12.8. The number of rotatable bonds is 2. The van der Waals surface area contributed by atoms with Crippen LogP contribution in [0.2, 0.25) is 5.02 Å². The van der Waals surface area contributed by atoms with Gasteiger partial charge in [0.1, 0.15) is 0 Å². The molecule has 0 bridgehead atoms. The zero-order valence-corrected chi connectivity index (χ0v) is 14.7. The average molecular weight is 364 g/mol. The van der Waals surface area contributed by atoms with Gasteiger partial charge in [0.2, 0.25) is 0 Å². The second kappa shape index (κ2) is 6.26. The molecule has 26 heavy (non-hydrogen) atoms. The molecule has 0 amide bonds. The number of benzene rings is 1. The lowest BCUT2D eigenvalue weighted by Gasteiger charge is -2.09. The van der Waals surface area contributed by atoms with E-state index in [4.69, 9.17) is 17.1 Å². The summed E-state index contributed by atoms with van der Waals surface area (Å²) in [6.45, 7) is 1.90. The minimum absolute atomic E-state index is 0.172. The van der Waals surface area contributed by atoms with Crippen molar-refractivity contribution in [2.45, 2.75) is 13.3 Å². The Labute approximate surface area is 153 Å². The lowest BCUT2D eigenvalue weighted by molar-refractivity contribution is -0.00535. The van der Waals surface area contributed by atoms with Crippen LogP contribution in [0.15, 0.2) is 53.5 Å². The van der Waals surface area contributed by atoms with Gasteiger partial charge in [0.25, 0.3) is 11.3 Å². The Kier molecular flexibility index (Phi) is 3.92. The summed E-state index contributed by atoms with van der Waals surface area (Å²) < 4.78 is 1.49. The van der Waals surface area contributed by atoms with Gasteiger partial charge >= 0.3 is 0 Å². The largest absolute Gasteiger partial charge is 0.361 e. The number of pyridine rings is 1. The van der Waals surface area contributed by atoms with Crippen LogP contribution >= 0.6 is 11.6 Å². The molecule has 1 aliphatic rings. The Morgan fingerprint density at radius 2 is 2.04 bits per heavy atom. The molecule has 0 unspecified atom stereocenters. The summed E-state index contributed by atoms with van der Waals surface area (Å²) in [7, 11) is 0. The molecule has 0 saturated heterocycles. The van der Waals surface area contributed by atoms with Crippen LogP contribution in [-0.2, 0) is 0 Å². The van der Waals surface area contributed by atoms with Crippen molar-refractivity contribution < 1.29 is 4.79 Å². The van der Waals surface area contributed by atoms with Crippen LogP contribution in [0.5, 0.6) is 0 Å². The van der Waals surface area contributed by atoms with Gasteiger partial charge in [-0.05, 0) is 42.8 Å². The van der Waals surface area contributed by atoms with Gasteiger partial charge in [-0.2, -0.15) is 4.79 Å². The van der Waals surface area contributed by atoms with E-state index < -0.39 is 0 Å². The van der Waals surface area contributed by atoms with Crippen molar-refractivity contribution in [3.8, 4) is 5.69 Å².